The molecule has 3 nitrogen and oxygen atoms in total. The van der Waals surface area contributed by atoms with E-state index in [1.165, 1.54) is 6.92 Å². The minimum Gasteiger partial charge on any atom is -0.546 e. The summed E-state index contributed by atoms with van der Waals surface area (Å²) in [6.45, 7) is 1.39. The second kappa shape index (κ2) is 4.14. The number of ether oxygens (including phenoxy) is 1. The number of carbonyl (C=O) groups excluding carboxylic acids is 1. The van der Waals surface area contributed by atoms with Crippen LogP contribution in [0.5, 0.6) is 5.75 Å². The molecule has 0 fully saturated rings. The van der Waals surface area contributed by atoms with E-state index in [9.17, 15) is 9.90 Å². The molecule has 1 rings (SSSR count). The van der Waals surface area contributed by atoms with Gasteiger partial charge in [-0.2, -0.15) is 0 Å². The Labute approximate surface area is 80.9 Å². The molecule has 0 aliphatic rings. The number of carbonyl (C=O) groups is 1. The zero-order valence-electron chi connectivity index (χ0n) is 6.99. The van der Waals surface area contributed by atoms with Gasteiger partial charge < -0.3 is 14.6 Å². The zero-order valence-corrected chi connectivity index (χ0v) is 7.75. The van der Waals surface area contributed by atoms with Crippen LogP contribution in [-0.4, -0.2) is 12.1 Å². The van der Waals surface area contributed by atoms with Crippen molar-refractivity contribution in [1.82, 2.24) is 0 Å². The van der Waals surface area contributed by atoms with Gasteiger partial charge in [0.2, 0.25) is 0 Å². The number of halogens is 1. The fraction of sp³-hybridized carbons (Fsp3) is 0.222. The SMILES string of the molecule is CC(Oc1ccccc1Cl)C(=O)[O-]. The first-order valence-electron chi connectivity index (χ1n) is 3.73. The molecule has 0 radical (unpaired) electrons. The van der Waals surface area contributed by atoms with Crippen LogP contribution in [0.2, 0.25) is 5.02 Å². The first kappa shape index (κ1) is 9.86. The quantitative estimate of drug-likeness (QED) is 0.726. The van der Waals surface area contributed by atoms with E-state index in [1.54, 1.807) is 24.3 Å². The lowest BCUT2D eigenvalue weighted by molar-refractivity contribution is -0.312. The standard InChI is InChI=1S/C9H9ClO3/c1-6(9(11)12)13-8-5-3-2-4-7(8)10/h2-6H,1H3,(H,11,12)/p-1. The van der Waals surface area contributed by atoms with E-state index in [0.29, 0.717) is 10.8 Å². The molecule has 70 valence electrons. The van der Waals surface area contributed by atoms with Gasteiger partial charge in [-0.3, -0.25) is 0 Å². The van der Waals surface area contributed by atoms with Crippen LogP contribution in [0, 0.1) is 0 Å². The number of hydrogen-bond acceptors (Lipinski definition) is 3. The summed E-state index contributed by atoms with van der Waals surface area (Å²) in [6, 6.07) is 6.67. The summed E-state index contributed by atoms with van der Waals surface area (Å²) in [5.74, 6) is -0.916. The molecule has 0 aromatic heterocycles. The highest BCUT2D eigenvalue weighted by Crippen LogP contribution is 2.23. The topological polar surface area (TPSA) is 49.4 Å². The highest BCUT2D eigenvalue weighted by Gasteiger charge is 2.06. The molecule has 1 unspecified atom stereocenters. The smallest absolute Gasteiger partial charge is 0.138 e. The third-order valence-electron chi connectivity index (χ3n) is 1.47. The molecule has 0 heterocycles. The maximum atomic E-state index is 10.3. The van der Waals surface area contributed by atoms with E-state index < -0.39 is 12.1 Å². The molecule has 13 heavy (non-hydrogen) atoms. The molecule has 0 amide bonds. The van der Waals surface area contributed by atoms with Gasteiger partial charge in [0, 0.05) is 0 Å². The van der Waals surface area contributed by atoms with Gasteiger partial charge in [0.25, 0.3) is 0 Å². The minimum absolute atomic E-state index is 0.348. The Morgan fingerprint density at radius 3 is 2.69 bits per heavy atom. The number of aliphatic carboxylic acids is 1. The molecule has 0 saturated carbocycles. The van der Waals surface area contributed by atoms with Crippen LogP contribution in [-0.2, 0) is 4.79 Å². The van der Waals surface area contributed by atoms with Crippen LogP contribution in [0.3, 0.4) is 0 Å². The van der Waals surface area contributed by atoms with Gasteiger partial charge in [0.15, 0.2) is 0 Å². The highest BCUT2D eigenvalue weighted by atomic mass is 35.5. The molecule has 0 saturated heterocycles. The molecule has 0 N–H and O–H groups in total. The maximum absolute atomic E-state index is 10.3. The molecule has 0 aliphatic carbocycles. The van der Waals surface area contributed by atoms with E-state index in [4.69, 9.17) is 16.3 Å². The Kier molecular flexibility index (Phi) is 3.14. The minimum atomic E-state index is -1.26. The van der Waals surface area contributed by atoms with E-state index in [-0.39, 0.29) is 0 Å². The van der Waals surface area contributed by atoms with Crippen LogP contribution >= 0.6 is 11.6 Å². The van der Waals surface area contributed by atoms with E-state index in [2.05, 4.69) is 0 Å². The average Bonchev–Trinajstić information content (AvgIpc) is 2.08. The number of carboxylic acids is 1. The van der Waals surface area contributed by atoms with Crippen molar-refractivity contribution < 1.29 is 14.6 Å². The third kappa shape index (κ3) is 2.63. The molecule has 0 aliphatic heterocycles. The van der Waals surface area contributed by atoms with Gasteiger partial charge in [0.1, 0.15) is 11.9 Å². The molecule has 1 atom stereocenters. The monoisotopic (exact) mass is 199 g/mol. The predicted molar refractivity (Wildman–Crippen MR) is 46.5 cm³/mol. The van der Waals surface area contributed by atoms with Crippen molar-refractivity contribution in [2.24, 2.45) is 0 Å². The summed E-state index contributed by atoms with van der Waals surface area (Å²) in [5.41, 5.74) is 0. The Morgan fingerprint density at radius 1 is 1.54 bits per heavy atom. The van der Waals surface area contributed by atoms with Crippen LogP contribution in [0.1, 0.15) is 6.92 Å². The summed E-state index contributed by atoms with van der Waals surface area (Å²) in [4.78, 5) is 10.3. The molecular formula is C9H8ClO3-. The number of hydrogen-bond donors (Lipinski definition) is 0. The Hall–Kier alpha value is -1.22. The van der Waals surface area contributed by atoms with Gasteiger partial charge in [0.05, 0.1) is 11.0 Å². The summed E-state index contributed by atoms with van der Waals surface area (Å²) in [6.07, 6.45) is -1.00. The zero-order chi connectivity index (χ0) is 9.84. The van der Waals surface area contributed by atoms with Crippen molar-refractivity contribution in [1.29, 1.82) is 0 Å². The molecule has 1 aromatic carbocycles. The Morgan fingerprint density at radius 2 is 2.15 bits per heavy atom. The second-order valence-electron chi connectivity index (χ2n) is 2.51. The van der Waals surface area contributed by atoms with Crippen molar-refractivity contribution in [3.63, 3.8) is 0 Å². The summed E-state index contributed by atoms with van der Waals surface area (Å²) in [5, 5.41) is 10.7. The van der Waals surface area contributed by atoms with Crippen LogP contribution in [0.15, 0.2) is 24.3 Å². The summed E-state index contributed by atoms with van der Waals surface area (Å²) >= 11 is 5.73. The first-order chi connectivity index (χ1) is 6.11. The second-order valence-corrected chi connectivity index (χ2v) is 2.92. The van der Waals surface area contributed by atoms with Gasteiger partial charge in [-0.1, -0.05) is 23.7 Å². The summed E-state index contributed by atoms with van der Waals surface area (Å²) in [7, 11) is 0. The van der Waals surface area contributed by atoms with Crippen molar-refractivity contribution >= 4 is 17.6 Å². The van der Waals surface area contributed by atoms with E-state index >= 15 is 0 Å². The lowest BCUT2D eigenvalue weighted by Gasteiger charge is -2.15. The molecule has 1 aromatic rings. The highest BCUT2D eigenvalue weighted by molar-refractivity contribution is 6.32. The maximum Gasteiger partial charge on any atom is 0.138 e. The first-order valence-corrected chi connectivity index (χ1v) is 4.11. The molecule has 0 spiro atoms. The number of carboxylic acid groups (broad SMARTS) is 1. The predicted octanol–water partition coefficient (Wildman–Crippen LogP) is 0.857. The number of rotatable bonds is 3. The van der Waals surface area contributed by atoms with Gasteiger partial charge >= 0.3 is 0 Å². The lowest BCUT2D eigenvalue weighted by Crippen LogP contribution is -2.37. The van der Waals surface area contributed by atoms with Gasteiger partial charge in [-0.05, 0) is 19.1 Å². The number of benzene rings is 1. The van der Waals surface area contributed by atoms with Crippen molar-refractivity contribution in [2.45, 2.75) is 13.0 Å². The Balaban J connectivity index is 2.74. The Bertz CT molecular complexity index is 311. The summed E-state index contributed by atoms with van der Waals surface area (Å²) < 4.78 is 5.01. The fourth-order valence-corrected chi connectivity index (χ4v) is 0.959. The van der Waals surface area contributed by atoms with Gasteiger partial charge in [-0.15, -0.1) is 0 Å². The van der Waals surface area contributed by atoms with Crippen molar-refractivity contribution in [2.75, 3.05) is 0 Å². The molecule has 4 heteroatoms. The normalized spacial score (nSPS) is 12.2. The van der Waals surface area contributed by atoms with Crippen LogP contribution in [0.25, 0.3) is 0 Å². The van der Waals surface area contributed by atoms with Crippen molar-refractivity contribution in [3.05, 3.63) is 29.3 Å². The van der Waals surface area contributed by atoms with Crippen LogP contribution < -0.4 is 9.84 Å². The largest absolute Gasteiger partial charge is 0.546 e. The van der Waals surface area contributed by atoms with Crippen molar-refractivity contribution in [3.8, 4) is 5.75 Å². The third-order valence-corrected chi connectivity index (χ3v) is 1.78. The molecule has 0 bridgehead atoms. The lowest BCUT2D eigenvalue weighted by atomic mass is 10.3. The molecular weight excluding hydrogens is 192 g/mol. The fourth-order valence-electron chi connectivity index (χ4n) is 0.779. The number of para-hydroxylation sites is 1. The van der Waals surface area contributed by atoms with E-state index in [0.717, 1.165) is 0 Å². The van der Waals surface area contributed by atoms with Gasteiger partial charge in [-0.25, -0.2) is 0 Å². The van der Waals surface area contributed by atoms with E-state index in [1.807, 2.05) is 0 Å². The average molecular weight is 200 g/mol. The van der Waals surface area contributed by atoms with Crippen LogP contribution in [0.4, 0.5) is 0 Å².